The van der Waals surface area contributed by atoms with Crippen molar-refractivity contribution in [3.8, 4) is 17.0 Å². The normalized spacial score (nSPS) is 13.8. The summed E-state index contributed by atoms with van der Waals surface area (Å²) in [6.45, 7) is 2.75. The van der Waals surface area contributed by atoms with Gasteiger partial charge in [0.2, 0.25) is 7.29 Å². The van der Waals surface area contributed by atoms with Crippen molar-refractivity contribution in [1.82, 2.24) is 4.98 Å². The van der Waals surface area contributed by atoms with E-state index >= 15 is 0 Å². The molecule has 3 aromatic carbocycles. The Bertz CT molecular complexity index is 1330. The molecule has 0 radical (unpaired) electrons. The third-order valence-electron chi connectivity index (χ3n) is 5.11. The van der Waals surface area contributed by atoms with E-state index in [1.165, 1.54) is 23.0 Å². The van der Waals surface area contributed by atoms with Gasteiger partial charge in [-0.05, 0) is 41.8 Å². The third kappa shape index (κ3) is 7.11. The Morgan fingerprint density at radius 1 is 0.917 bits per heavy atom. The van der Waals surface area contributed by atoms with Crippen molar-refractivity contribution in [2.75, 3.05) is 11.7 Å². The van der Waals surface area contributed by atoms with Gasteiger partial charge in [-0.25, -0.2) is 4.98 Å². The van der Waals surface area contributed by atoms with Gasteiger partial charge in [-0.1, -0.05) is 90.8 Å². The zero-order valence-corrected chi connectivity index (χ0v) is 22.8. The van der Waals surface area contributed by atoms with Crippen LogP contribution in [0.3, 0.4) is 0 Å². The van der Waals surface area contributed by atoms with E-state index in [1.807, 2.05) is 90.3 Å². The maximum Gasteiger partial charge on any atom is 0.217 e. The SMILES string of the molecule is CCCOc1ccc(-c2csc(NP(=O)(C=C(Cl)c3ccccc3)/C=C(/Cl)c3ccccc3)n2)cc1. The Morgan fingerprint density at radius 2 is 1.47 bits per heavy atom. The van der Waals surface area contributed by atoms with E-state index < -0.39 is 7.29 Å². The molecule has 0 bridgehead atoms. The van der Waals surface area contributed by atoms with Gasteiger partial charge in [-0.2, -0.15) is 0 Å². The summed E-state index contributed by atoms with van der Waals surface area (Å²) in [6.07, 6.45) is 0.953. The van der Waals surface area contributed by atoms with E-state index in [4.69, 9.17) is 27.9 Å². The Labute approximate surface area is 225 Å². The summed E-state index contributed by atoms with van der Waals surface area (Å²) in [5.74, 6) is 3.87. The number of halogens is 2. The van der Waals surface area contributed by atoms with E-state index in [9.17, 15) is 4.57 Å². The largest absolute Gasteiger partial charge is 0.494 e. The molecule has 8 heteroatoms. The van der Waals surface area contributed by atoms with Crippen molar-refractivity contribution < 1.29 is 9.30 Å². The standard InChI is InChI=1S/C28H25Cl2N2O2PS/c1-2-17-34-24-15-13-23(14-16-24)27-20-36-28(31-27)32-35(33,18-25(29)21-9-5-3-6-10-21)19-26(30)22-11-7-4-8-12-22/h3-16,18-20H,2,17H2,1H3,(H,31,32,33)/b25-18+,26-19?. The fraction of sp³-hybridized carbons (Fsp3) is 0.107. The van der Waals surface area contributed by atoms with Gasteiger partial charge >= 0.3 is 0 Å². The fourth-order valence-electron chi connectivity index (χ4n) is 3.33. The zero-order chi connectivity index (χ0) is 25.4. The molecule has 1 heterocycles. The van der Waals surface area contributed by atoms with Gasteiger partial charge < -0.3 is 9.82 Å². The molecule has 0 amide bonds. The molecule has 36 heavy (non-hydrogen) atoms. The minimum Gasteiger partial charge on any atom is -0.494 e. The van der Waals surface area contributed by atoms with Crippen LogP contribution < -0.4 is 9.82 Å². The number of nitrogens with one attached hydrogen (secondary N) is 1. The molecule has 1 aromatic heterocycles. The topological polar surface area (TPSA) is 51.2 Å². The van der Waals surface area contributed by atoms with Gasteiger partial charge in [-0.15, -0.1) is 11.3 Å². The molecule has 0 aliphatic heterocycles. The molecule has 0 aliphatic rings. The van der Waals surface area contributed by atoms with Gasteiger partial charge in [0.15, 0.2) is 5.13 Å². The van der Waals surface area contributed by atoms with E-state index in [-0.39, 0.29) is 0 Å². The first-order chi connectivity index (χ1) is 17.5. The summed E-state index contributed by atoms with van der Waals surface area (Å²) in [4.78, 5) is 4.67. The van der Waals surface area contributed by atoms with Crippen molar-refractivity contribution in [2.45, 2.75) is 13.3 Å². The summed E-state index contributed by atoms with van der Waals surface area (Å²) in [5.41, 5.74) is 3.23. The van der Waals surface area contributed by atoms with E-state index in [0.717, 1.165) is 34.6 Å². The first kappa shape index (κ1) is 26.2. The maximum atomic E-state index is 14.2. The maximum absolute atomic E-state index is 14.2. The molecule has 0 saturated heterocycles. The lowest BCUT2D eigenvalue weighted by molar-refractivity contribution is 0.317. The Balaban J connectivity index is 1.63. The van der Waals surface area contributed by atoms with Crippen molar-refractivity contribution >= 4 is 57.0 Å². The van der Waals surface area contributed by atoms with E-state index in [0.29, 0.717) is 21.8 Å². The molecule has 4 nitrogen and oxygen atoms in total. The van der Waals surface area contributed by atoms with Crippen LogP contribution >= 0.6 is 41.8 Å². The van der Waals surface area contributed by atoms with Crippen LogP contribution in [0.15, 0.2) is 102 Å². The van der Waals surface area contributed by atoms with Gasteiger partial charge in [-0.3, -0.25) is 4.57 Å². The summed E-state index contributed by atoms with van der Waals surface area (Å²) >= 11 is 14.5. The van der Waals surface area contributed by atoms with Crippen LogP contribution in [0.2, 0.25) is 0 Å². The average molecular weight is 555 g/mol. The van der Waals surface area contributed by atoms with Crippen molar-refractivity contribution in [2.24, 2.45) is 0 Å². The van der Waals surface area contributed by atoms with Gasteiger partial charge in [0.05, 0.1) is 22.4 Å². The summed E-state index contributed by atoms with van der Waals surface area (Å²) in [7, 11) is -3.39. The Morgan fingerprint density at radius 3 is 2.00 bits per heavy atom. The number of hydrogen-bond acceptors (Lipinski definition) is 4. The molecule has 4 rings (SSSR count). The quantitative estimate of drug-likeness (QED) is 0.198. The number of rotatable bonds is 10. The number of anilines is 1. The highest BCUT2D eigenvalue weighted by Crippen LogP contribution is 2.54. The van der Waals surface area contributed by atoms with Crippen LogP contribution in [0.25, 0.3) is 21.3 Å². The molecule has 1 N–H and O–H groups in total. The second kappa shape index (κ2) is 12.4. The van der Waals surface area contributed by atoms with Crippen LogP contribution in [0.1, 0.15) is 24.5 Å². The van der Waals surface area contributed by atoms with Gasteiger partial charge in [0, 0.05) is 22.6 Å². The monoisotopic (exact) mass is 554 g/mol. The van der Waals surface area contributed by atoms with Crippen LogP contribution in [0.5, 0.6) is 5.75 Å². The number of ether oxygens (including phenoxy) is 1. The zero-order valence-electron chi connectivity index (χ0n) is 19.6. The lowest BCUT2D eigenvalue weighted by Gasteiger charge is -2.14. The predicted molar refractivity (Wildman–Crippen MR) is 155 cm³/mol. The van der Waals surface area contributed by atoms with E-state index in [2.05, 4.69) is 17.0 Å². The predicted octanol–water partition coefficient (Wildman–Crippen LogP) is 9.76. The lowest BCUT2D eigenvalue weighted by Crippen LogP contribution is -1.95. The average Bonchev–Trinajstić information content (AvgIpc) is 3.36. The Kier molecular flexibility index (Phi) is 9.06. The molecule has 0 aliphatic carbocycles. The summed E-state index contributed by atoms with van der Waals surface area (Å²) in [6, 6.07) is 26.5. The number of benzene rings is 3. The van der Waals surface area contributed by atoms with Crippen molar-refractivity contribution in [3.63, 3.8) is 0 Å². The highest BCUT2D eigenvalue weighted by atomic mass is 35.5. The molecular formula is C28H25Cl2N2O2PS. The highest BCUT2D eigenvalue weighted by Gasteiger charge is 2.21. The number of thiazole rings is 1. The summed E-state index contributed by atoms with van der Waals surface area (Å²) in [5, 5.41) is 6.24. The van der Waals surface area contributed by atoms with Crippen LogP contribution in [0, 0.1) is 0 Å². The van der Waals surface area contributed by atoms with Crippen LogP contribution in [0.4, 0.5) is 5.13 Å². The number of nitrogens with zero attached hydrogens (tertiary/aromatic N) is 1. The minimum absolute atomic E-state index is 0.361. The molecule has 184 valence electrons. The van der Waals surface area contributed by atoms with Gasteiger partial charge in [0.1, 0.15) is 5.75 Å². The second-order valence-electron chi connectivity index (χ2n) is 7.92. The molecule has 1 unspecified atom stereocenters. The first-order valence-corrected chi connectivity index (χ1v) is 14.9. The molecular weight excluding hydrogens is 530 g/mol. The fourth-order valence-corrected chi connectivity index (χ4v) is 7.18. The third-order valence-corrected chi connectivity index (χ3v) is 8.82. The molecule has 1 atom stereocenters. The highest BCUT2D eigenvalue weighted by molar-refractivity contribution is 7.72. The number of aromatic nitrogens is 1. The van der Waals surface area contributed by atoms with Crippen LogP contribution in [-0.4, -0.2) is 11.6 Å². The van der Waals surface area contributed by atoms with Crippen molar-refractivity contribution in [1.29, 1.82) is 0 Å². The van der Waals surface area contributed by atoms with E-state index in [1.54, 1.807) is 0 Å². The van der Waals surface area contributed by atoms with Gasteiger partial charge in [0.25, 0.3) is 0 Å². The summed E-state index contributed by atoms with van der Waals surface area (Å²) < 4.78 is 19.8. The minimum atomic E-state index is -3.39. The molecule has 4 aromatic rings. The number of hydrogen-bond donors (Lipinski definition) is 1. The molecule has 0 spiro atoms. The van der Waals surface area contributed by atoms with Crippen LogP contribution in [-0.2, 0) is 4.57 Å². The first-order valence-electron chi connectivity index (χ1n) is 11.4. The molecule has 0 saturated carbocycles. The molecule has 0 fully saturated rings. The second-order valence-corrected chi connectivity index (χ2v) is 11.7. The van der Waals surface area contributed by atoms with Crippen molar-refractivity contribution in [3.05, 3.63) is 113 Å². The Hall–Kier alpha value is -2.82. The lowest BCUT2D eigenvalue weighted by atomic mass is 10.2. The smallest absolute Gasteiger partial charge is 0.217 e.